The first-order valence-electron chi connectivity index (χ1n) is 7.42. The van der Waals surface area contributed by atoms with Crippen LogP contribution < -0.4 is 4.74 Å². The predicted molar refractivity (Wildman–Crippen MR) is 78.5 cm³/mol. The third-order valence-corrected chi connectivity index (χ3v) is 4.16. The van der Waals surface area contributed by atoms with Gasteiger partial charge in [-0.2, -0.15) is 5.10 Å². The minimum absolute atomic E-state index is 0.136. The second-order valence-corrected chi connectivity index (χ2v) is 6.10. The summed E-state index contributed by atoms with van der Waals surface area (Å²) in [4.78, 5) is 0. The van der Waals surface area contributed by atoms with E-state index in [4.69, 9.17) is 9.15 Å². The van der Waals surface area contributed by atoms with Crippen molar-refractivity contribution in [2.75, 3.05) is 7.11 Å². The van der Waals surface area contributed by atoms with Crippen molar-refractivity contribution in [3.63, 3.8) is 0 Å². The fourth-order valence-electron chi connectivity index (χ4n) is 2.75. The molecule has 3 atom stereocenters. The topological polar surface area (TPSA) is 60.4 Å². The van der Waals surface area contributed by atoms with Gasteiger partial charge in [0.1, 0.15) is 17.2 Å². The van der Waals surface area contributed by atoms with Crippen LogP contribution in [0.5, 0.6) is 5.75 Å². The average molecular weight is 290 g/mol. The first-order valence-corrected chi connectivity index (χ1v) is 7.42. The molecular weight excluding hydrogens is 268 g/mol. The number of nitrogens with zero attached hydrogens (tertiary/aromatic N) is 2. The van der Waals surface area contributed by atoms with Crippen molar-refractivity contribution in [2.24, 2.45) is 5.92 Å². The van der Waals surface area contributed by atoms with Crippen LogP contribution in [-0.4, -0.2) is 22.0 Å². The number of aromatic nitrogens is 2. The van der Waals surface area contributed by atoms with Crippen molar-refractivity contribution in [3.05, 3.63) is 35.5 Å². The molecule has 0 amide bonds. The van der Waals surface area contributed by atoms with E-state index in [0.717, 1.165) is 12.2 Å². The number of methoxy groups -OCH3 is 1. The zero-order chi connectivity index (χ0) is 15.1. The molecule has 114 valence electrons. The second-order valence-electron chi connectivity index (χ2n) is 6.10. The first kappa shape index (κ1) is 14.2. The van der Waals surface area contributed by atoms with Gasteiger partial charge in [-0.1, -0.05) is 6.92 Å². The highest BCUT2D eigenvalue weighted by molar-refractivity contribution is 5.33. The summed E-state index contributed by atoms with van der Waals surface area (Å²) < 4.78 is 12.9. The summed E-state index contributed by atoms with van der Waals surface area (Å²) in [5.41, 5.74) is 0.636. The molecular formula is C16H22N2O3. The minimum Gasteiger partial charge on any atom is -0.493 e. The maximum atomic E-state index is 10.7. The molecule has 2 aromatic heterocycles. The normalized spacial score (nSPS) is 22.6. The summed E-state index contributed by atoms with van der Waals surface area (Å²) in [7, 11) is 1.58. The number of aliphatic hydroxyl groups is 1. The summed E-state index contributed by atoms with van der Waals surface area (Å²) in [5, 5.41) is 15.0. The largest absolute Gasteiger partial charge is 0.493 e. The van der Waals surface area contributed by atoms with E-state index in [1.54, 1.807) is 18.0 Å². The van der Waals surface area contributed by atoms with Gasteiger partial charge in [0.05, 0.1) is 13.3 Å². The molecule has 1 saturated carbocycles. The van der Waals surface area contributed by atoms with Crippen molar-refractivity contribution >= 4 is 0 Å². The fourth-order valence-corrected chi connectivity index (χ4v) is 2.75. The van der Waals surface area contributed by atoms with Crippen molar-refractivity contribution in [2.45, 2.75) is 45.3 Å². The average Bonchev–Trinajstić information content (AvgIpc) is 2.93. The number of hydrogen-bond acceptors (Lipinski definition) is 4. The molecule has 3 unspecified atom stereocenters. The standard InChI is InChI=1S/C16H22N2O3/c1-9(2)18-15(14(20-4)8-17-18)16(19)13-6-5-12(21-13)11-7-10(11)3/h5-6,8-11,16,19H,7H2,1-4H3. The Morgan fingerprint density at radius 2 is 2.14 bits per heavy atom. The van der Waals surface area contributed by atoms with Crippen molar-refractivity contribution < 1.29 is 14.3 Å². The van der Waals surface area contributed by atoms with Gasteiger partial charge in [-0.05, 0) is 38.3 Å². The number of aliphatic hydroxyl groups excluding tert-OH is 1. The molecule has 3 rings (SSSR count). The molecule has 5 heteroatoms. The number of furan rings is 1. The zero-order valence-corrected chi connectivity index (χ0v) is 12.9. The van der Waals surface area contributed by atoms with Crippen LogP contribution in [0.3, 0.4) is 0 Å². The first-order chi connectivity index (χ1) is 10.0. The second kappa shape index (κ2) is 5.22. The Hall–Kier alpha value is -1.75. The van der Waals surface area contributed by atoms with Crippen LogP contribution in [0.1, 0.15) is 62.5 Å². The molecule has 1 N–H and O–H groups in total. The van der Waals surface area contributed by atoms with Crippen molar-refractivity contribution in [1.29, 1.82) is 0 Å². The highest BCUT2D eigenvalue weighted by Gasteiger charge is 2.37. The van der Waals surface area contributed by atoms with Crippen LogP contribution in [-0.2, 0) is 0 Å². The molecule has 21 heavy (non-hydrogen) atoms. The van der Waals surface area contributed by atoms with Gasteiger partial charge in [-0.25, -0.2) is 0 Å². The molecule has 0 saturated heterocycles. The van der Waals surface area contributed by atoms with E-state index in [-0.39, 0.29) is 6.04 Å². The Balaban J connectivity index is 1.92. The molecule has 0 radical (unpaired) electrons. The highest BCUT2D eigenvalue weighted by Crippen LogP contribution is 2.48. The third kappa shape index (κ3) is 2.46. The van der Waals surface area contributed by atoms with E-state index in [1.807, 2.05) is 26.0 Å². The molecule has 0 aliphatic heterocycles. The molecule has 2 heterocycles. The lowest BCUT2D eigenvalue weighted by Gasteiger charge is -2.15. The van der Waals surface area contributed by atoms with Crippen LogP contribution in [0.4, 0.5) is 0 Å². The zero-order valence-electron chi connectivity index (χ0n) is 12.9. The summed E-state index contributed by atoms with van der Waals surface area (Å²) in [6.07, 6.45) is 1.93. The van der Waals surface area contributed by atoms with Gasteiger partial charge in [-0.15, -0.1) is 0 Å². The number of ether oxygens (including phenoxy) is 1. The van der Waals surface area contributed by atoms with Crippen LogP contribution >= 0.6 is 0 Å². The van der Waals surface area contributed by atoms with Gasteiger partial charge < -0.3 is 14.3 Å². The van der Waals surface area contributed by atoms with E-state index in [1.165, 1.54) is 0 Å². The van der Waals surface area contributed by atoms with E-state index < -0.39 is 6.10 Å². The lowest BCUT2D eigenvalue weighted by atomic mass is 10.2. The fraction of sp³-hybridized carbons (Fsp3) is 0.562. The number of hydrogen-bond donors (Lipinski definition) is 1. The van der Waals surface area contributed by atoms with Crippen LogP contribution in [0.25, 0.3) is 0 Å². The van der Waals surface area contributed by atoms with E-state index in [9.17, 15) is 5.11 Å². The summed E-state index contributed by atoms with van der Waals surface area (Å²) in [5.74, 6) is 3.27. The Morgan fingerprint density at radius 3 is 2.71 bits per heavy atom. The SMILES string of the molecule is COc1cnn(C(C)C)c1C(O)c1ccc(C2CC2C)o1. The molecule has 2 aromatic rings. The highest BCUT2D eigenvalue weighted by atomic mass is 16.5. The van der Waals surface area contributed by atoms with Crippen molar-refractivity contribution in [1.82, 2.24) is 9.78 Å². The lowest BCUT2D eigenvalue weighted by Crippen LogP contribution is -2.12. The van der Waals surface area contributed by atoms with E-state index in [2.05, 4.69) is 12.0 Å². The quantitative estimate of drug-likeness (QED) is 0.918. The molecule has 1 aliphatic carbocycles. The monoisotopic (exact) mass is 290 g/mol. The van der Waals surface area contributed by atoms with Crippen LogP contribution in [0, 0.1) is 5.92 Å². The number of rotatable bonds is 5. The maximum absolute atomic E-state index is 10.7. The van der Waals surface area contributed by atoms with Gasteiger partial charge in [-0.3, -0.25) is 4.68 Å². The minimum atomic E-state index is -0.868. The molecule has 0 aromatic carbocycles. The Morgan fingerprint density at radius 1 is 1.43 bits per heavy atom. The van der Waals surface area contributed by atoms with Crippen LogP contribution in [0.15, 0.2) is 22.7 Å². The van der Waals surface area contributed by atoms with Crippen molar-refractivity contribution in [3.8, 4) is 5.75 Å². The smallest absolute Gasteiger partial charge is 0.163 e. The molecule has 0 bridgehead atoms. The molecule has 5 nitrogen and oxygen atoms in total. The predicted octanol–water partition coefficient (Wildman–Crippen LogP) is 3.27. The Bertz CT molecular complexity index is 629. The third-order valence-electron chi connectivity index (χ3n) is 4.16. The van der Waals surface area contributed by atoms with Gasteiger partial charge in [0.25, 0.3) is 0 Å². The van der Waals surface area contributed by atoms with Crippen LogP contribution in [0.2, 0.25) is 0 Å². The van der Waals surface area contributed by atoms with Gasteiger partial charge in [0.15, 0.2) is 11.9 Å². The molecule has 1 fully saturated rings. The molecule has 1 aliphatic rings. The Kier molecular flexibility index (Phi) is 3.53. The molecule has 0 spiro atoms. The maximum Gasteiger partial charge on any atom is 0.163 e. The summed E-state index contributed by atoms with van der Waals surface area (Å²) in [6.45, 7) is 6.24. The lowest BCUT2D eigenvalue weighted by molar-refractivity contribution is 0.169. The Labute approximate surface area is 124 Å². The van der Waals surface area contributed by atoms with Gasteiger partial charge >= 0.3 is 0 Å². The van der Waals surface area contributed by atoms with Gasteiger partial charge in [0.2, 0.25) is 0 Å². The van der Waals surface area contributed by atoms with E-state index in [0.29, 0.717) is 29.0 Å². The van der Waals surface area contributed by atoms with Gasteiger partial charge in [0, 0.05) is 12.0 Å². The van der Waals surface area contributed by atoms with E-state index >= 15 is 0 Å². The summed E-state index contributed by atoms with van der Waals surface area (Å²) in [6, 6.07) is 3.95. The summed E-state index contributed by atoms with van der Waals surface area (Å²) >= 11 is 0.